The van der Waals surface area contributed by atoms with Crippen LogP contribution in [0.5, 0.6) is 0 Å². The Hall–Kier alpha value is -0.680. The third-order valence-corrected chi connectivity index (χ3v) is 3.17. The molecule has 0 saturated heterocycles. The monoisotopic (exact) mass is 201 g/mol. The van der Waals surface area contributed by atoms with Crippen molar-refractivity contribution in [3.05, 3.63) is 18.2 Å². The van der Waals surface area contributed by atoms with Gasteiger partial charge in [0.05, 0.1) is 0 Å². The lowest BCUT2D eigenvalue weighted by Gasteiger charge is -2.01. The third kappa shape index (κ3) is 3.28. The van der Waals surface area contributed by atoms with Gasteiger partial charge in [0.15, 0.2) is 0 Å². The summed E-state index contributed by atoms with van der Waals surface area (Å²) >= 11 is 0. The van der Waals surface area contributed by atoms with Crippen molar-refractivity contribution in [1.82, 2.24) is 9.55 Å². The van der Waals surface area contributed by atoms with Gasteiger partial charge in [0, 0.05) is 54.7 Å². The van der Waals surface area contributed by atoms with Gasteiger partial charge in [-0.15, -0.1) is 0 Å². The average molecular weight is 201 g/mol. The van der Waals surface area contributed by atoms with E-state index in [1.54, 1.807) is 6.20 Å². The molecule has 1 aromatic heterocycles. The topological polar surface area (TPSA) is 60.9 Å². The van der Waals surface area contributed by atoms with E-state index in [4.69, 9.17) is 5.73 Å². The largest absolute Gasteiger partial charge is 0.338 e. The molecule has 0 aromatic carbocycles. The number of nitrogens with zero attached hydrogens (tertiary/aromatic N) is 2. The highest BCUT2D eigenvalue weighted by Crippen LogP contribution is 1.96. The zero-order valence-corrected chi connectivity index (χ0v) is 8.59. The summed E-state index contributed by atoms with van der Waals surface area (Å²) in [6, 6.07) is 0. The zero-order valence-electron chi connectivity index (χ0n) is 7.77. The van der Waals surface area contributed by atoms with Gasteiger partial charge in [-0.1, -0.05) is 0 Å². The molecule has 5 heteroatoms. The minimum Gasteiger partial charge on any atom is -0.338 e. The Labute approximate surface area is 80.6 Å². The van der Waals surface area contributed by atoms with Crippen LogP contribution < -0.4 is 5.73 Å². The molecule has 0 fully saturated rings. The predicted molar refractivity (Wildman–Crippen MR) is 53.8 cm³/mol. The molecule has 2 N–H and O–H groups in total. The molecule has 1 aromatic rings. The molecule has 4 nitrogen and oxygen atoms in total. The van der Waals surface area contributed by atoms with Gasteiger partial charge in [0.25, 0.3) is 0 Å². The summed E-state index contributed by atoms with van der Waals surface area (Å²) in [5.41, 5.74) is 5.29. The fraction of sp³-hybridized carbons (Fsp3) is 0.625. The maximum Gasteiger partial charge on any atom is 0.109 e. The van der Waals surface area contributed by atoms with E-state index in [2.05, 4.69) is 4.98 Å². The van der Waals surface area contributed by atoms with Crippen LogP contribution in [0.4, 0.5) is 0 Å². The van der Waals surface area contributed by atoms with E-state index in [0.29, 0.717) is 18.1 Å². The summed E-state index contributed by atoms with van der Waals surface area (Å²) in [5.74, 6) is 2.22. The van der Waals surface area contributed by atoms with Gasteiger partial charge in [-0.25, -0.2) is 4.98 Å². The summed E-state index contributed by atoms with van der Waals surface area (Å²) in [6.07, 6.45) is 4.40. The number of aromatic nitrogens is 2. The molecule has 0 saturated carbocycles. The summed E-state index contributed by atoms with van der Waals surface area (Å²) < 4.78 is 13.2. The number of hydrogen-bond acceptors (Lipinski definition) is 3. The fourth-order valence-corrected chi connectivity index (χ4v) is 1.95. The summed E-state index contributed by atoms with van der Waals surface area (Å²) in [5, 5.41) is 0. The SMILES string of the molecule is Cn1ccnc1CCS(=O)CCN. The highest BCUT2D eigenvalue weighted by Gasteiger charge is 2.02. The van der Waals surface area contributed by atoms with Gasteiger partial charge in [-0.2, -0.15) is 0 Å². The lowest BCUT2D eigenvalue weighted by Crippen LogP contribution is -2.14. The van der Waals surface area contributed by atoms with Crippen molar-refractivity contribution in [1.29, 1.82) is 0 Å². The van der Waals surface area contributed by atoms with E-state index in [-0.39, 0.29) is 0 Å². The molecule has 0 aliphatic heterocycles. The third-order valence-electron chi connectivity index (χ3n) is 1.82. The van der Waals surface area contributed by atoms with Crippen LogP contribution in [-0.2, 0) is 24.3 Å². The van der Waals surface area contributed by atoms with Crippen molar-refractivity contribution in [3.63, 3.8) is 0 Å². The van der Waals surface area contributed by atoms with Gasteiger partial charge in [0.1, 0.15) is 5.82 Å². The number of hydrogen-bond donors (Lipinski definition) is 1. The molecule has 0 spiro atoms. The Balaban J connectivity index is 2.35. The second-order valence-corrected chi connectivity index (χ2v) is 4.54. The molecule has 0 bridgehead atoms. The van der Waals surface area contributed by atoms with Crippen molar-refractivity contribution in [2.75, 3.05) is 18.1 Å². The minimum atomic E-state index is -0.791. The molecule has 0 radical (unpaired) electrons. The number of nitrogens with two attached hydrogens (primary N) is 1. The Morgan fingerprint density at radius 2 is 2.38 bits per heavy atom. The molecule has 0 aliphatic carbocycles. The van der Waals surface area contributed by atoms with Crippen LogP contribution in [0.25, 0.3) is 0 Å². The lowest BCUT2D eigenvalue weighted by molar-refractivity contribution is 0.680. The smallest absolute Gasteiger partial charge is 0.109 e. The molecule has 0 amide bonds. The molecular formula is C8H15N3OS. The van der Waals surface area contributed by atoms with Crippen LogP contribution in [0.1, 0.15) is 5.82 Å². The van der Waals surface area contributed by atoms with Gasteiger partial charge in [-0.3, -0.25) is 4.21 Å². The normalized spacial score (nSPS) is 13.1. The Morgan fingerprint density at radius 1 is 1.62 bits per heavy atom. The maximum absolute atomic E-state index is 11.2. The summed E-state index contributed by atoms with van der Waals surface area (Å²) in [4.78, 5) is 4.15. The van der Waals surface area contributed by atoms with Crippen LogP contribution in [0.2, 0.25) is 0 Å². The van der Waals surface area contributed by atoms with Crippen LogP contribution in [-0.4, -0.2) is 31.8 Å². The minimum absolute atomic E-state index is 0.493. The first-order chi connectivity index (χ1) is 6.24. The molecule has 1 heterocycles. The van der Waals surface area contributed by atoms with Crippen LogP contribution in [0, 0.1) is 0 Å². The van der Waals surface area contributed by atoms with E-state index >= 15 is 0 Å². The molecule has 0 aliphatic rings. The van der Waals surface area contributed by atoms with Gasteiger partial charge < -0.3 is 10.3 Å². The van der Waals surface area contributed by atoms with Crippen LogP contribution in [0.15, 0.2) is 12.4 Å². The van der Waals surface area contributed by atoms with E-state index < -0.39 is 10.8 Å². The first-order valence-electron chi connectivity index (χ1n) is 4.25. The molecule has 1 unspecified atom stereocenters. The van der Waals surface area contributed by atoms with Crippen molar-refractivity contribution in [3.8, 4) is 0 Å². The van der Waals surface area contributed by atoms with Gasteiger partial charge >= 0.3 is 0 Å². The van der Waals surface area contributed by atoms with Crippen molar-refractivity contribution < 1.29 is 4.21 Å². The van der Waals surface area contributed by atoms with Crippen molar-refractivity contribution in [2.24, 2.45) is 12.8 Å². The zero-order chi connectivity index (χ0) is 9.68. The first kappa shape index (κ1) is 10.4. The van der Waals surface area contributed by atoms with E-state index in [9.17, 15) is 4.21 Å². The Morgan fingerprint density at radius 3 is 2.92 bits per heavy atom. The van der Waals surface area contributed by atoms with E-state index in [1.807, 2.05) is 17.8 Å². The number of rotatable bonds is 5. The standard InChI is InChI=1S/C8H15N3OS/c1-11-5-4-10-8(11)2-6-13(12)7-3-9/h4-5H,2-3,6-7,9H2,1H3. The molecule has 13 heavy (non-hydrogen) atoms. The van der Waals surface area contributed by atoms with Gasteiger partial charge in [-0.05, 0) is 0 Å². The van der Waals surface area contributed by atoms with E-state index in [0.717, 1.165) is 12.2 Å². The van der Waals surface area contributed by atoms with Gasteiger partial charge in [0.2, 0.25) is 0 Å². The number of aryl methyl sites for hydroxylation is 2. The second-order valence-electron chi connectivity index (χ2n) is 2.84. The maximum atomic E-state index is 11.2. The molecule has 1 rings (SSSR count). The highest BCUT2D eigenvalue weighted by atomic mass is 32.2. The first-order valence-corrected chi connectivity index (χ1v) is 5.74. The Bertz CT molecular complexity index is 285. The average Bonchev–Trinajstić information content (AvgIpc) is 2.48. The van der Waals surface area contributed by atoms with Crippen LogP contribution in [0.3, 0.4) is 0 Å². The quantitative estimate of drug-likeness (QED) is 0.709. The van der Waals surface area contributed by atoms with Crippen molar-refractivity contribution >= 4 is 10.8 Å². The highest BCUT2D eigenvalue weighted by molar-refractivity contribution is 7.84. The van der Waals surface area contributed by atoms with Crippen LogP contribution >= 0.6 is 0 Å². The second kappa shape index (κ2) is 5.14. The summed E-state index contributed by atoms with van der Waals surface area (Å²) in [7, 11) is 1.15. The lowest BCUT2D eigenvalue weighted by atomic mass is 10.4. The predicted octanol–water partition coefficient (Wildman–Crippen LogP) is -0.330. The molecule has 1 atom stereocenters. The van der Waals surface area contributed by atoms with Crippen molar-refractivity contribution in [2.45, 2.75) is 6.42 Å². The fourth-order valence-electron chi connectivity index (χ4n) is 1.08. The van der Waals surface area contributed by atoms with E-state index in [1.165, 1.54) is 0 Å². The summed E-state index contributed by atoms with van der Waals surface area (Å²) in [6.45, 7) is 0.493. The molecular weight excluding hydrogens is 186 g/mol. The number of imidazole rings is 1. The molecule has 74 valence electrons. The Kier molecular flexibility index (Phi) is 4.11.